The smallest absolute Gasteiger partial charge is 0.174 e. The first-order valence-corrected chi connectivity index (χ1v) is 11.8. The number of thiocarbonyl (C=S) groups is 1. The second-order valence-electron chi connectivity index (χ2n) is 8.64. The highest BCUT2D eigenvalue weighted by molar-refractivity contribution is 7.80. The van der Waals surface area contributed by atoms with Crippen LogP contribution in [-0.2, 0) is 19.6 Å². The van der Waals surface area contributed by atoms with E-state index in [-0.39, 0.29) is 0 Å². The molecule has 0 aliphatic heterocycles. The Hall–Kier alpha value is -3.37. The van der Waals surface area contributed by atoms with Gasteiger partial charge < -0.3 is 14.8 Å². The van der Waals surface area contributed by atoms with Gasteiger partial charge in [-0.05, 0) is 73.4 Å². The van der Waals surface area contributed by atoms with Gasteiger partial charge in [0.05, 0.1) is 6.54 Å². The Morgan fingerprint density at radius 2 is 1.58 bits per heavy atom. The minimum Gasteiger partial charge on any atom is -0.345 e. The van der Waals surface area contributed by atoms with E-state index >= 15 is 0 Å². The first kappa shape index (κ1) is 22.8. The van der Waals surface area contributed by atoms with Crippen molar-refractivity contribution >= 4 is 23.0 Å². The van der Waals surface area contributed by atoms with Gasteiger partial charge in [-0.3, -0.25) is 0 Å². The molecule has 0 fully saturated rings. The van der Waals surface area contributed by atoms with Crippen molar-refractivity contribution in [1.82, 2.24) is 9.47 Å². The second kappa shape index (κ2) is 10.5. The monoisotopic (exact) mass is 453 g/mol. The van der Waals surface area contributed by atoms with E-state index in [0.29, 0.717) is 0 Å². The van der Waals surface area contributed by atoms with Crippen LogP contribution in [0, 0.1) is 20.8 Å². The molecule has 0 aliphatic carbocycles. The molecule has 168 valence electrons. The van der Waals surface area contributed by atoms with Gasteiger partial charge in [-0.1, -0.05) is 72.3 Å². The third-order valence-electron chi connectivity index (χ3n) is 6.01. The zero-order valence-electron chi connectivity index (χ0n) is 19.6. The summed E-state index contributed by atoms with van der Waals surface area (Å²) in [6, 6.07) is 29.8. The number of aryl methyl sites for hydroxylation is 3. The molecular weight excluding hydrogens is 422 g/mol. The lowest BCUT2D eigenvalue weighted by molar-refractivity contribution is 0.399. The van der Waals surface area contributed by atoms with Crippen molar-refractivity contribution in [2.24, 2.45) is 0 Å². The van der Waals surface area contributed by atoms with E-state index in [4.69, 9.17) is 12.2 Å². The summed E-state index contributed by atoms with van der Waals surface area (Å²) in [5.74, 6) is 0. The van der Waals surface area contributed by atoms with Crippen LogP contribution in [0.5, 0.6) is 0 Å². The van der Waals surface area contributed by atoms with Crippen LogP contribution in [0.3, 0.4) is 0 Å². The fraction of sp³-hybridized carbons (Fsp3) is 0.207. The predicted octanol–water partition coefficient (Wildman–Crippen LogP) is 6.86. The molecule has 1 N–H and O–H groups in total. The fourth-order valence-corrected chi connectivity index (χ4v) is 4.30. The number of nitrogens with zero attached hydrogens (tertiary/aromatic N) is 2. The zero-order valence-corrected chi connectivity index (χ0v) is 20.4. The van der Waals surface area contributed by atoms with E-state index in [1.54, 1.807) is 0 Å². The van der Waals surface area contributed by atoms with Crippen LogP contribution in [0.25, 0.3) is 0 Å². The number of nitrogens with one attached hydrogen (secondary N) is 1. The van der Waals surface area contributed by atoms with Crippen LogP contribution in [-0.4, -0.2) is 14.6 Å². The number of rotatable bonds is 7. The molecule has 4 heteroatoms. The number of aromatic nitrogens is 1. The fourth-order valence-electron chi connectivity index (χ4n) is 4.06. The van der Waals surface area contributed by atoms with Crippen LogP contribution in [0.1, 0.15) is 33.5 Å². The van der Waals surface area contributed by atoms with E-state index in [1.165, 1.54) is 33.5 Å². The van der Waals surface area contributed by atoms with Gasteiger partial charge in [0.1, 0.15) is 0 Å². The molecular formula is C29H31N3S. The lowest BCUT2D eigenvalue weighted by Gasteiger charge is -2.27. The minimum absolute atomic E-state index is 0.727. The topological polar surface area (TPSA) is 20.2 Å². The first-order chi connectivity index (χ1) is 16.0. The summed E-state index contributed by atoms with van der Waals surface area (Å²) < 4.78 is 2.33. The van der Waals surface area contributed by atoms with E-state index in [2.05, 4.69) is 108 Å². The molecule has 33 heavy (non-hydrogen) atoms. The molecule has 0 aliphatic rings. The van der Waals surface area contributed by atoms with Gasteiger partial charge in [0.25, 0.3) is 0 Å². The Morgan fingerprint density at radius 1 is 0.818 bits per heavy atom. The van der Waals surface area contributed by atoms with Gasteiger partial charge in [-0.2, -0.15) is 0 Å². The maximum Gasteiger partial charge on any atom is 0.174 e. The lowest BCUT2D eigenvalue weighted by Crippen LogP contribution is -2.34. The lowest BCUT2D eigenvalue weighted by atomic mass is 10.1. The molecule has 3 nitrogen and oxygen atoms in total. The summed E-state index contributed by atoms with van der Waals surface area (Å²) in [7, 11) is 0. The van der Waals surface area contributed by atoms with Crippen molar-refractivity contribution in [3.05, 3.63) is 125 Å². The van der Waals surface area contributed by atoms with Gasteiger partial charge >= 0.3 is 0 Å². The maximum absolute atomic E-state index is 5.90. The van der Waals surface area contributed by atoms with Gasteiger partial charge in [-0.25, -0.2) is 0 Å². The van der Waals surface area contributed by atoms with Crippen molar-refractivity contribution in [3.63, 3.8) is 0 Å². The predicted molar refractivity (Wildman–Crippen MR) is 143 cm³/mol. The quantitative estimate of drug-likeness (QED) is 0.309. The van der Waals surface area contributed by atoms with Crippen molar-refractivity contribution in [1.29, 1.82) is 0 Å². The molecule has 0 saturated heterocycles. The largest absolute Gasteiger partial charge is 0.345 e. The highest BCUT2D eigenvalue weighted by atomic mass is 32.1. The molecule has 4 rings (SSSR count). The SMILES string of the molecule is Cc1ccc(Cn2cccc2CN(Cc2ccccc2)C(=S)Nc2ccccc2C)c(C)c1. The first-order valence-electron chi connectivity index (χ1n) is 11.4. The molecule has 4 aromatic rings. The van der Waals surface area contributed by atoms with Crippen LogP contribution in [0.2, 0.25) is 0 Å². The van der Waals surface area contributed by atoms with E-state index in [0.717, 1.165) is 30.4 Å². The molecule has 0 unspecified atom stereocenters. The Labute approximate surface area is 202 Å². The summed E-state index contributed by atoms with van der Waals surface area (Å²) in [5, 5.41) is 4.20. The molecule has 0 spiro atoms. The summed E-state index contributed by atoms with van der Waals surface area (Å²) >= 11 is 5.90. The van der Waals surface area contributed by atoms with Crippen LogP contribution in [0.4, 0.5) is 5.69 Å². The average Bonchev–Trinajstić information content (AvgIpc) is 3.24. The average molecular weight is 454 g/mol. The zero-order chi connectivity index (χ0) is 23.2. The normalized spacial score (nSPS) is 10.8. The molecule has 0 bridgehead atoms. The highest BCUT2D eigenvalue weighted by Crippen LogP contribution is 2.19. The van der Waals surface area contributed by atoms with Crippen molar-refractivity contribution < 1.29 is 0 Å². The second-order valence-corrected chi connectivity index (χ2v) is 9.03. The molecule has 0 amide bonds. The number of hydrogen-bond acceptors (Lipinski definition) is 1. The van der Waals surface area contributed by atoms with Crippen molar-refractivity contribution in [2.45, 2.75) is 40.4 Å². The van der Waals surface area contributed by atoms with Gasteiger partial charge in [0, 0.05) is 30.7 Å². The third kappa shape index (κ3) is 5.91. The van der Waals surface area contributed by atoms with Crippen LogP contribution >= 0.6 is 12.2 Å². The van der Waals surface area contributed by atoms with E-state index < -0.39 is 0 Å². The minimum atomic E-state index is 0.727. The van der Waals surface area contributed by atoms with Crippen LogP contribution in [0.15, 0.2) is 91.1 Å². The Balaban J connectivity index is 1.57. The molecule has 1 aromatic heterocycles. The number of hydrogen-bond donors (Lipinski definition) is 1. The van der Waals surface area contributed by atoms with Gasteiger partial charge in [0.15, 0.2) is 5.11 Å². The number of anilines is 1. The molecule has 3 aromatic carbocycles. The third-order valence-corrected chi connectivity index (χ3v) is 6.37. The molecule has 0 saturated carbocycles. The Bertz CT molecular complexity index is 1230. The van der Waals surface area contributed by atoms with Crippen LogP contribution < -0.4 is 5.32 Å². The number of benzene rings is 3. The molecule has 0 radical (unpaired) electrons. The van der Waals surface area contributed by atoms with Gasteiger partial charge in [0.2, 0.25) is 0 Å². The Morgan fingerprint density at radius 3 is 2.33 bits per heavy atom. The van der Waals surface area contributed by atoms with E-state index in [1.807, 2.05) is 18.2 Å². The maximum atomic E-state index is 5.90. The standard InChI is InChI=1S/C29H31N3S/c1-22-15-16-26(24(3)18-22)20-31-17-9-13-27(31)21-32(19-25-11-5-4-6-12-25)29(33)30-28-14-8-7-10-23(28)2/h4-18H,19-21H2,1-3H3,(H,30,33). The summed E-state index contributed by atoms with van der Waals surface area (Å²) in [6.45, 7) is 8.75. The van der Waals surface area contributed by atoms with Gasteiger partial charge in [-0.15, -0.1) is 0 Å². The summed E-state index contributed by atoms with van der Waals surface area (Å²) in [5.41, 5.74) is 8.66. The summed E-state index contributed by atoms with van der Waals surface area (Å²) in [4.78, 5) is 2.24. The Kier molecular flexibility index (Phi) is 7.26. The summed E-state index contributed by atoms with van der Waals surface area (Å²) in [6.07, 6.45) is 2.16. The van der Waals surface area contributed by atoms with Crippen molar-refractivity contribution in [3.8, 4) is 0 Å². The molecule has 0 atom stereocenters. The molecule has 1 heterocycles. The highest BCUT2D eigenvalue weighted by Gasteiger charge is 2.15. The number of para-hydroxylation sites is 1. The van der Waals surface area contributed by atoms with E-state index in [9.17, 15) is 0 Å². The van der Waals surface area contributed by atoms with Crippen molar-refractivity contribution in [2.75, 3.05) is 5.32 Å².